The number of halogens is 2. The van der Waals surface area contributed by atoms with E-state index in [0.717, 1.165) is 23.5 Å². The summed E-state index contributed by atoms with van der Waals surface area (Å²) in [6.45, 7) is 1.89. The Bertz CT molecular complexity index is 580. The average molecular weight is 266 g/mol. The molecule has 2 rings (SSSR count). The van der Waals surface area contributed by atoms with Crippen molar-refractivity contribution in [1.82, 2.24) is 15.2 Å². The lowest BCUT2D eigenvalue weighted by Crippen LogP contribution is -2.30. The standard InChI is InChI=1S/C13H16F2N4/c1-8-5-10(19(2)18-8)7-13(17-16)9-3-4-11(14)12(15)6-9/h3-6,13,17H,7,16H2,1-2H3. The number of hydrogen-bond donors (Lipinski definition) is 2. The number of hydrazine groups is 1. The van der Waals surface area contributed by atoms with Crippen molar-refractivity contribution in [3.8, 4) is 0 Å². The second kappa shape index (κ2) is 5.46. The Morgan fingerprint density at radius 3 is 2.58 bits per heavy atom. The van der Waals surface area contributed by atoms with E-state index < -0.39 is 11.6 Å². The van der Waals surface area contributed by atoms with E-state index >= 15 is 0 Å². The third-order valence-electron chi connectivity index (χ3n) is 3.06. The summed E-state index contributed by atoms with van der Waals surface area (Å²) in [5.74, 6) is 3.76. The Morgan fingerprint density at radius 1 is 1.32 bits per heavy atom. The predicted molar refractivity (Wildman–Crippen MR) is 68.1 cm³/mol. The molecule has 1 aromatic carbocycles. The molecule has 1 atom stereocenters. The second-order valence-corrected chi connectivity index (χ2v) is 4.50. The topological polar surface area (TPSA) is 55.9 Å². The largest absolute Gasteiger partial charge is 0.272 e. The number of nitrogens with two attached hydrogens (primary N) is 1. The molecule has 1 aromatic heterocycles. The van der Waals surface area contributed by atoms with Crippen LogP contribution in [0, 0.1) is 18.6 Å². The predicted octanol–water partition coefficient (Wildman–Crippen LogP) is 1.75. The van der Waals surface area contributed by atoms with Gasteiger partial charge in [0.2, 0.25) is 0 Å². The van der Waals surface area contributed by atoms with E-state index in [1.165, 1.54) is 6.07 Å². The minimum atomic E-state index is -0.876. The molecule has 0 amide bonds. The quantitative estimate of drug-likeness (QED) is 0.655. The van der Waals surface area contributed by atoms with Crippen molar-refractivity contribution in [3.05, 3.63) is 52.9 Å². The maximum Gasteiger partial charge on any atom is 0.159 e. The molecule has 2 aromatic rings. The summed E-state index contributed by atoms with van der Waals surface area (Å²) in [4.78, 5) is 0. The monoisotopic (exact) mass is 266 g/mol. The van der Waals surface area contributed by atoms with Gasteiger partial charge in [0.05, 0.1) is 11.7 Å². The summed E-state index contributed by atoms with van der Waals surface area (Å²) in [7, 11) is 1.83. The number of nitrogens with zero attached hydrogens (tertiary/aromatic N) is 2. The molecular weight excluding hydrogens is 250 g/mol. The van der Waals surface area contributed by atoms with Crippen LogP contribution >= 0.6 is 0 Å². The fourth-order valence-corrected chi connectivity index (χ4v) is 2.07. The summed E-state index contributed by atoms with van der Waals surface area (Å²) in [5.41, 5.74) is 5.08. The molecule has 6 heteroatoms. The Morgan fingerprint density at radius 2 is 2.05 bits per heavy atom. The smallest absolute Gasteiger partial charge is 0.159 e. The van der Waals surface area contributed by atoms with Crippen LogP contribution < -0.4 is 11.3 Å². The molecule has 102 valence electrons. The molecule has 19 heavy (non-hydrogen) atoms. The van der Waals surface area contributed by atoms with Gasteiger partial charge in [-0.1, -0.05) is 6.07 Å². The highest BCUT2D eigenvalue weighted by Crippen LogP contribution is 2.20. The molecule has 0 saturated carbocycles. The summed E-state index contributed by atoms with van der Waals surface area (Å²) in [5, 5.41) is 4.24. The molecule has 4 nitrogen and oxygen atoms in total. The van der Waals surface area contributed by atoms with E-state index in [4.69, 9.17) is 5.84 Å². The molecule has 0 aliphatic heterocycles. The number of nitrogens with one attached hydrogen (secondary N) is 1. The zero-order valence-corrected chi connectivity index (χ0v) is 10.8. The fourth-order valence-electron chi connectivity index (χ4n) is 2.07. The molecule has 0 aliphatic carbocycles. The number of hydrogen-bond acceptors (Lipinski definition) is 3. The van der Waals surface area contributed by atoms with Crippen LogP contribution in [0.1, 0.15) is 23.0 Å². The fraction of sp³-hybridized carbons (Fsp3) is 0.308. The van der Waals surface area contributed by atoms with Crippen molar-refractivity contribution in [2.75, 3.05) is 0 Å². The van der Waals surface area contributed by atoms with Gasteiger partial charge in [0, 0.05) is 19.2 Å². The molecule has 0 fully saturated rings. The summed E-state index contributed by atoms with van der Waals surface area (Å²) >= 11 is 0. The van der Waals surface area contributed by atoms with E-state index in [1.54, 1.807) is 4.68 Å². The number of rotatable bonds is 4. The van der Waals surface area contributed by atoms with Crippen molar-refractivity contribution >= 4 is 0 Å². The van der Waals surface area contributed by atoms with Crippen LogP contribution in [0.3, 0.4) is 0 Å². The maximum atomic E-state index is 13.2. The summed E-state index contributed by atoms with van der Waals surface area (Å²) < 4.78 is 27.9. The van der Waals surface area contributed by atoms with Gasteiger partial charge in [-0.3, -0.25) is 16.0 Å². The Hall–Kier alpha value is -1.79. The zero-order chi connectivity index (χ0) is 14.0. The minimum Gasteiger partial charge on any atom is -0.272 e. The van der Waals surface area contributed by atoms with Crippen LogP contribution in [0.4, 0.5) is 8.78 Å². The molecule has 0 radical (unpaired) electrons. The van der Waals surface area contributed by atoms with Gasteiger partial charge in [0.1, 0.15) is 0 Å². The lowest BCUT2D eigenvalue weighted by atomic mass is 10.0. The van der Waals surface area contributed by atoms with Gasteiger partial charge in [-0.05, 0) is 30.7 Å². The second-order valence-electron chi connectivity index (χ2n) is 4.50. The van der Waals surface area contributed by atoms with Crippen molar-refractivity contribution in [2.24, 2.45) is 12.9 Å². The van der Waals surface area contributed by atoms with Gasteiger partial charge in [0.15, 0.2) is 11.6 Å². The van der Waals surface area contributed by atoms with Crippen LogP contribution in [0.25, 0.3) is 0 Å². The highest BCUT2D eigenvalue weighted by atomic mass is 19.2. The van der Waals surface area contributed by atoms with E-state index in [9.17, 15) is 8.78 Å². The lowest BCUT2D eigenvalue weighted by Gasteiger charge is -2.16. The van der Waals surface area contributed by atoms with Crippen LogP contribution in [0.5, 0.6) is 0 Å². The molecule has 0 spiro atoms. The first kappa shape index (κ1) is 13.6. The third kappa shape index (κ3) is 2.97. The van der Waals surface area contributed by atoms with Crippen molar-refractivity contribution in [1.29, 1.82) is 0 Å². The van der Waals surface area contributed by atoms with Gasteiger partial charge in [-0.25, -0.2) is 8.78 Å². The number of aromatic nitrogens is 2. The van der Waals surface area contributed by atoms with Crippen molar-refractivity contribution in [3.63, 3.8) is 0 Å². The highest BCUT2D eigenvalue weighted by molar-refractivity contribution is 5.23. The molecule has 1 unspecified atom stereocenters. The average Bonchev–Trinajstić information content (AvgIpc) is 2.68. The van der Waals surface area contributed by atoms with E-state index in [1.807, 2.05) is 20.0 Å². The molecule has 3 N–H and O–H groups in total. The van der Waals surface area contributed by atoms with Gasteiger partial charge in [-0.15, -0.1) is 0 Å². The Kier molecular flexibility index (Phi) is 3.92. The molecule has 0 aliphatic rings. The lowest BCUT2D eigenvalue weighted by molar-refractivity contribution is 0.493. The maximum absolute atomic E-state index is 13.2. The Labute approximate surface area is 110 Å². The first-order chi connectivity index (χ1) is 9.01. The van der Waals surface area contributed by atoms with E-state index in [-0.39, 0.29) is 6.04 Å². The first-order valence-corrected chi connectivity index (χ1v) is 5.92. The van der Waals surface area contributed by atoms with Crippen molar-refractivity contribution < 1.29 is 8.78 Å². The molecular formula is C13H16F2N4. The van der Waals surface area contributed by atoms with Gasteiger partial charge in [-0.2, -0.15) is 5.10 Å². The van der Waals surface area contributed by atoms with Crippen LogP contribution in [-0.4, -0.2) is 9.78 Å². The SMILES string of the molecule is Cc1cc(CC(NN)c2ccc(F)c(F)c2)n(C)n1. The van der Waals surface area contributed by atoms with Crippen LogP contribution in [0.2, 0.25) is 0 Å². The molecule has 0 bridgehead atoms. The van der Waals surface area contributed by atoms with Gasteiger partial charge in [0.25, 0.3) is 0 Å². The van der Waals surface area contributed by atoms with Gasteiger partial charge >= 0.3 is 0 Å². The highest BCUT2D eigenvalue weighted by Gasteiger charge is 2.15. The van der Waals surface area contributed by atoms with E-state index in [2.05, 4.69) is 10.5 Å². The first-order valence-electron chi connectivity index (χ1n) is 5.92. The van der Waals surface area contributed by atoms with Gasteiger partial charge < -0.3 is 0 Å². The summed E-state index contributed by atoms with van der Waals surface area (Å²) in [6.07, 6.45) is 0.541. The zero-order valence-electron chi connectivity index (χ0n) is 10.8. The molecule has 0 saturated heterocycles. The number of aryl methyl sites for hydroxylation is 2. The summed E-state index contributed by atoms with van der Waals surface area (Å²) in [6, 6.07) is 5.41. The molecule has 1 heterocycles. The van der Waals surface area contributed by atoms with Crippen molar-refractivity contribution in [2.45, 2.75) is 19.4 Å². The van der Waals surface area contributed by atoms with Crippen LogP contribution in [0.15, 0.2) is 24.3 Å². The third-order valence-corrected chi connectivity index (χ3v) is 3.06. The Balaban J connectivity index is 2.24. The normalized spacial score (nSPS) is 12.7. The number of benzene rings is 1. The van der Waals surface area contributed by atoms with Crippen LogP contribution in [-0.2, 0) is 13.5 Å². The van der Waals surface area contributed by atoms with E-state index in [0.29, 0.717) is 12.0 Å². The minimum absolute atomic E-state index is 0.301.